The second kappa shape index (κ2) is 6.92. The monoisotopic (exact) mass is 283 g/mol. The summed E-state index contributed by atoms with van der Waals surface area (Å²) in [7, 11) is 0. The lowest BCUT2D eigenvalue weighted by atomic mass is 9.92. The lowest BCUT2D eigenvalue weighted by Gasteiger charge is -2.34. The molecule has 6 nitrogen and oxygen atoms in total. The quantitative estimate of drug-likeness (QED) is 0.804. The second-order valence-electron chi connectivity index (χ2n) is 5.98. The molecule has 2 aliphatic rings. The third-order valence-corrected chi connectivity index (χ3v) is 4.54. The maximum absolute atomic E-state index is 12.4. The normalized spacial score (nSPS) is 24.1. The number of hydrogen-bond acceptors (Lipinski definition) is 3. The molecule has 0 aromatic rings. The molecule has 3 N–H and O–H groups in total. The molecular weight excluding hydrogens is 258 g/mol. The van der Waals surface area contributed by atoms with Crippen LogP contribution in [0.1, 0.15) is 32.1 Å². The molecule has 20 heavy (non-hydrogen) atoms. The summed E-state index contributed by atoms with van der Waals surface area (Å²) in [6.45, 7) is 3.77. The number of aliphatic carboxylic acids is 1. The molecule has 0 saturated carbocycles. The van der Waals surface area contributed by atoms with Crippen LogP contribution in [0, 0.1) is 11.8 Å². The van der Waals surface area contributed by atoms with E-state index in [1.165, 1.54) is 0 Å². The Bertz CT molecular complexity index is 354. The Morgan fingerprint density at radius 2 is 1.65 bits per heavy atom. The zero-order valence-electron chi connectivity index (χ0n) is 12.0. The van der Waals surface area contributed by atoms with Crippen LogP contribution in [0.5, 0.6) is 0 Å². The molecule has 2 amide bonds. The number of likely N-dealkylation sites (tertiary alicyclic amines) is 2. The number of nitrogens with two attached hydrogens (primary N) is 1. The Hall–Kier alpha value is -1.30. The summed E-state index contributed by atoms with van der Waals surface area (Å²) >= 11 is 0. The fourth-order valence-electron chi connectivity index (χ4n) is 3.14. The van der Waals surface area contributed by atoms with Gasteiger partial charge in [-0.3, -0.25) is 4.79 Å². The topological polar surface area (TPSA) is 86.9 Å². The van der Waals surface area contributed by atoms with E-state index < -0.39 is 5.97 Å². The van der Waals surface area contributed by atoms with Gasteiger partial charge in [0, 0.05) is 32.6 Å². The van der Waals surface area contributed by atoms with Crippen LogP contribution in [0.25, 0.3) is 0 Å². The van der Waals surface area contributed by atoms with Gasteiger partial charge in [-0.25, -0.2) is 4.79 Å². The van der Waals surface area contributed by atoms with Gasteiger partial charge in [0.1, 0.15) is 0 Å². The summed E-state index contributed by atoms with van der Waals surface area (Å²) in [6, 6.07) is 0.137. The first kappa shape index (κ1) is 15.1. The highest BCUT2D eigenvalue weighted by Gasteiger charge is 2.30. The van der Waals surface area contributed by atoms with Crippen molar-refractivity contribution in [1.82, 2.24) is 9.80 Å². The highest BCUT2D eigenvalue weighted by molar-refractivity contribution is 5.74. The lowest BCUT2D eigenvalue weighted by molar-refractivity contribution is -0.137. The number of piperidine rings is 1. The average molecular weight is 283 g/mol. The number of carbonyl (C=O) groups is 2. The predicted octanol–water partition coefficient (Wildman–Crippen LogP) is 0.964. The minimum absolute atomic E-state index is 0.137. The molecule has 2 saturated heterocycles. The molecule has 6 heteroatoms. The van der Waals surface area contributed by atoms with Gasteiger partial charge in [-0.2, -0.15) is 0 Å². The second-order valence-corrected chi connectivity index (χ2v) is 5.98. The van der Waals surface area contributed by atoms with E-state index in [4.69, 9.17) is 10.8 Å². The number of rotatable bonds is 4. The minimum atomic E-state index is -0.728. The number of hydrogen-bond donors (Lipinski definition) is 2. The standard InChI is InChI=1S/C14H25N3O3/c15-9-12-5-8-17(10-12)14(20)16-6-3-11(4-7-16)1-2-13(18)19/h11-12H,1-10,15H2,(H,18,19). The van der Waals surface area contributed by atoms with E-state index in [9.17, 15) is 9.59 Å². The van der Waals surface area contributed by atoms with E-state index in [1.54, 1.807) is 0 Å². The molecule has 114 valence electrons. The van der Waals surface area contributed by atoms with Gasteiger partial charge in [0.2, 0.25) is 0 Å². The molecule has 2 rings (SSSR count). The van der Waals surface area contributed by atoms with Gasteiger partial charge in [-0.1, -0.05) is 0 Å². The Morgan fingerprint density at radius 1 is 1.05 bits per heavy atom. The first-order chi connectivity index (χ1) is 9.60. The lowest BCUT2D eigenvalue weighted by Crippen LogP contribution is -2.46. The number of amides is 2. The molecular formula is C14H25N3O3. The van der Waals surface area contributed by atoms with Crippen molar-refractivity contribution in [3.05, 3.63) is 0 Å². The zero-order valence-corrected chi connectivity index (χ0v) is 12.0. The molecule has 2 fully saturated rings. The Balaban J connectivity index is 1.73. The Labute approximate surface area is 119 Å². The highest BCUT2D eigenvalue weighted by Crippen LogP contribution is 2.24. The van der Waals surface area contributed by atoms with Crippen molar-refractivity contribution in [3.8, 4) is 0 Å². The molecule has 1 unspecified atom stereocenters. The highest BCUT2D eigenvalue weighted by atomic mass is 16.4. The van der Waals surface area contributed by atoms with E-state index in [0.717, 1.165) is 51.9 Å². The van der Waals surface area contributed by atoms with Gasteiger partial charge in [0.05, 0.1) is 0 Å². The van der Waals surface area contributed by atoms with Gasteiger partial charge in [-0.15, -0.1) is 0 Å². The molecule has 0 radical (unpaired) electrons. The number of urea groups is 1. The minimum Gasteiger partial charge on any atom is -0.481 e. The van der Waals surface area contributed by atoms with Gasteiger partial charge in [-0.05, 0) is 44.1 Å². The maximum Gasteiger partial charge on any atom is 0.320 e. The first-order valence-electron chi connectivity index (χ1n) is 7.56. The van der Waals surface area contributed by atoms with Crippen molar-refractivity contribution >= 4 is 12.0 Å². The SMILES string of the molecule is NCC1CCN(C(=O)N2CCC(CCC(=O)O)CC2)C1. The average Bonchev–Trinajstić information content (AvgIpc) is 2.94. The maximum atomic E-state index is 12.4. The summed E-state index contributed by atoms with van der Waals surface area (Å²) in [5.41, 5.74) is 5.65. The van der Waals surface area contributed by atoms with Gasteiger partial charge >= 0.3 is 12.0 Å². The van der Waals surface area contributed by atoms with Gasteiger partial charge in [0.25, 0.3) is 0 Å². The molecule has 0 aromatic heterocycles. The van der Waals surface area contributed by atoms with Crippen LogP contribution >= 0.6 is 0 Å². The summed E-state index contributed by atoms with van der Waals surface area (Å²) in [5, 5.41) is 8.69. The van der Waals surface area contributed by atoms with Crippen molar-refractivity contribution in [2.24, 2.45) is 17.6 Å². The molecule has 0 aliphatic carbocycles. The van der Waals surface area contributed by atoms with Gasteiger partial charge < -0.3 is 20.6 Å². The molecule has 0 bridgehead atoms. The third kappa shape index (κ3) is 3.85. The van der Waals surface area contributed by atoms with Crippen LogP contribution in [0.3, 0.4) is 0 Å². The molecule has 0 aromatic carbocycles. The summed E-state index contributed by atoms with van der Waals surface area (Å²) < 4.78 is 0. The molecule has 2 heterocycles. The number of nitrogens with zero attached hydrogens (tertiary/aromatic N) is 2. The zero-order chi connectivity index (χ0) is 14.5. The van der Waals surface area contributed by atoms with E-state index in [1.807, 2.05) is 9.80 Å². The van der Waals surface area contributed by atoms with E-state index in [0.29, 0.717) is 18.4 Å². The fourth-order valence-corrected chi connectivity index (χ4v) is 3.14. The van der Waals surface area contributed by atoms with E-state index in [-0.39, 0.29) is 12.5 Å². The third-order valence-electron chi connectivity index (χ3n) is 4.54. The van der Waals surface area contributed by atoms with Crippen LogP contribution in [0.15, 0.2) is 0 Å². The van der Waals surface area contributed by atoms with Crippen molar-refractivity contribution in [2.45, 2.75) is 32.1 Å². The predicted molar refractivity (Wildman–Crippen MR) is 75.3 cm³/mol. The van der Waals surface area contributed by atoms with Crippen molar-refractivity contribution < 1.29 is 14.7 Å². The smallest absolute Gasteiger partial charge is 0.320 e. The molecule has 0 spiro atoms. The van der Waals surface area contributed by atoms with Crippen molar-refractivity contribution in [1.29, 1.82) is 0 Å². The number of carbonyl (C=O) groups excluding carboxylic acids is 1. The summed E-state index contributed by atoms with van der Waals surface area (Å²) in [6.07, 6.45) is 3.83. The number of carboxylic acids is 1. The Kier molecular flexibility index (Phi) is 5.23. The largest absolute Gasteiger partial charge is 0.481 e. The van der Waals surface area contributed by atoms with Gasteiger partial charge in [0.15, 0.2) is 0 Å². The fraction of sp³-hybridized carbons (Fsp3) is 0.857. The summed E-state index contributed by atoms with van der Waals surface area (Å²) in [5.74, 6) is 0.172. The van der Waals surface area contributed by atoms with Crippen molar-refractivity contribution in [2.75, 3.05) is 32.7 Å². The van der Waals surface area contributed by atoms with Crippen LogP contribution in [0.4, 0.5) is 4.79 Å². The van der Waals surface area contributed by atoms with Crippen LogP contribution in [0.2, 0.25) is 0 Å². The van der Waals surface area contributed by atoms with Crippen LogP contribution in [-0.4, -0.2) is 59.6 Å². The van der Waals surface area contributed by atoms with Crippen LogP contribution in [-0.2, 0) is 4.79 Å². The van der Waals surface area contributed by atoms with Crippen LogP contribution < -0.4 is 5.73 Å². The van der Waals surface area contributed by atoms with E-state index in [2.05, 4.69) is 0 Å². The van der Waals surface area contributed by atoms with E-state index >= 15 is 0 Å². The molecule has 2 aliphatic heterocycles. The molecule has 1 atom stereocenters. The van der Waals surface area contributed by atoms with Crippen molar-refractivity contribution in [3.63, 3.8) is 0 Å². The Morgan fingerprint density at radius 3 is 2.20 bits per heavy atom. The number of carboxylic acid groups (broad SMARTS) is 1. The summed E-state index contributed by atoms with van der Waals surface area (Å²) in [4.78, 5) is 26.7. The first-order valence-corrected chi connectivity index (χ1v) is 7.56.